The van der Waals surface area contributed by atoms with Gasteiger partial charge in [-0.15, -0.1) is 0 Å². The number of aromatic nitrogens is 1. The number of anilines is 1. The normalized spacial score (nSPS) is 19.9. The molecule has 2 rings (SSSR count). The van der Waals surface area contributed by atoms with Crippen LogP contribution in [0.2, 0.25) is 0 Å². The predicted octanol–water partition coefficient (Wildman–Crippen LogP) is 2.17. The Bertz CT molecular complexity index is 391. The highest BCUT2D eigenvalue weighted by molar-refractivity contribution is 9.10. The molecule has 1 aliphatic rings. The molecule has 1 atom stereocenters. The van der Waals surface area contributed by atoms with Gasteiger partial charge in [0, 0.05) is 12.6 Å². The Labute approximate surface area is 109 Å². The van der Waals surface area contributed by atoms with Crippen LogP contribution in [0, 0.1) is 5.92 Å². The van der Waals surface area contributed by atoms with Crippen molar-refractivity contribution in [3.63, 3.8) is 0 Å². The van der Waals surface area contributed by atoms with E-state index in [0.717, 1.165) is 31.6 Å². The molecule has 1 aromatic heterocycles. The lowest BCUT2D eigenvalue weighted by Crippen LogP contribution is -2.32. The summed E-state index contributed by atoms with van der Waals surface area (Å²) in [7, 11) is 0. The SMILES string of the molecule is O=C(CC1CCCNC1)Nc1cccnc1Br. The van der Waals surface area contributed by atoms with Gasteiger partial charge in [-0.2, -0.15) is 0 Å². The average Bonchev–Trinajstić information content (AvgIpc) is 2.33. The van der Waals surface area contributed by atoms with Crippen LogP contribution in [-0.2, 0) is 4.79 Å². The van der Waals surface area contributed by atoms with Gasteiger partial charge in [0.15, 0.2) is 0 Å². The average molecular weight is 298 g/mol. The number of halogens is 1. The lowest BCUT2D eigenvalue weighted by Gasteiger charge is -2.22. The quantitative estimate of drug-likeness (QED) is 0.841. The van der Waals surface area contributed by atoms with E-state index in [1.807, 2.05) is 12.1 Å². The van der Waals surface area contributed by atoms with E-state index in [-0.39, 0.29) is 5.91 Å². The van der Waals surface area contributed by atoms with E-state index in [1.54, 1.807) is 6.20 Å². The van der Waals surface area contributed by atoms with Crippen molar-refractivity contribution in [2.45, 2.75) is 19.3 Å². The van der Waals surface area contributed by atoms with Gasteiger partial charge in [0.05, 0.1) is 5.69 Å². The lowest BCUT2D eigenvalue weighted by molar-refractivity contribution is -0.117. The largest absolute Gasteiger partial charge is 0.324 e. The van der Waals surface area contributed by atoms with Gasteiger partial charge in [-0.3, -0.25) is 4.79 Å². The summed E-state index contributed by atoms with van der Waals surface area (Å²) in [5.41, 5.74) is 0.737. The third kappa shape index (κ3) is 3.78. The molecule has 5 heteroatoms. The van der Waals surface area contributed by atoms with E-state index in [1.165, 1.54) is 0 Å². The Morgan fingerprint density at radius 2 is 2.53 bits per heavy atom. The van der Waals surface area contributed by atoms with Gasteiger partial charge in [-0.05, 0) is 59.9 Å². The fourth-order valence-corrected chi connectivity index (χ4v) is 2.39. The van der Waals surface area contributed by atoms with Crippen LogP contribution in [0.1, 0.15) is 19.3 Å². The van der Waals surface area contributed by atoms with Crippen LogP contribution in [0.4, 0.5) is 5.69 Å². The second-order valence-corrected chi connectivity index (χ2v) is 5.06. The molecule has 0 aromatic carbocycles. The van der Waals surface area contributed by atoms with Crippen molar-refractivity contribution in [3.05, 3.63) is 22.9 Å². The maximum absolute atomic E-state index is 11.8. The summed E-state index contributed by atoms with van der Waals surface area (Å²) in [6.07, 6.45) is 4.56. The molecule has 1 unspecified atom stereocenters. The van der Waals surface area contributed by atoms with Crippen LogP contribution in [-0.4, -0.2) is 24.0 Å². The van der Waals surface area contributed by atoms with Gasteiger partial charge >= 0.3 is 0 Å². The predicted molar refractivity (Wildman–Crippen MR) is 70.8 cm³/mol. The van der Waals surface area contributed by atoms with Crippen molar-refractivity contribution >= 4 is 27.5 Å². The molecule has 1 saturated heterocycles. The number of nitrogens with one attached hydrogen (secondary N) is 2. The number of amides is 1. The Balaban J connectivity index is 1.86. The molecule has 1 aromatic rings. The van der Waals surface area contributed by atoms with Crippen LogP contribution >= 0.6 is 15.9 Å². The zero-order valence-electron chi connectivity index (χ0n) is 9.58. The standard InChI is InChI=1S/C12H16BrN3O/c13-12-10(4-2-6-15-12)16-11(17)7-9-3-1-5-14-8-9/h2,4,6,9,14H,1,3,5,7-8H2,(H,16,17). The number of rotatable bonds is 3. The Morgan fingerprint density at radius 1 is 1.65 bits per heavy atom. The summed E-state index contributed by atoms with van der Waals surface area (Å²) in [6, 6.07) is 3.65. The maximum atomic E-state index is 11.8. The van der Waals surface area contributed by atoms with E-state index < -0.39 is 0 Å². The molecule has 0 aliphatic carbocycles. The Hall–Kier alpha value is -0.940. The number of carbonyl (C=O) groups is 1. The Kier molecular flexibility index (Phi) is 4.50. The number of nitrogens with zero attached hydrogens (tertiary/aromatic N) is 1. The van der Waals surface area contributed by atoms with Gasteiger partial charge < -0.3 is 10.6 Å². The molecule has 92 valence electrons. The first-order chi connectivity index (χ1) is 8.25. The van der Waals surface area contributed by atoms with Crippen molar-refractivity contribution in [2.24, 2.45) is 5.92 Å². The van der Waals surface area contributed by atoms with Crippen LogP contribution in [0.15, 0.2) is 22.9 Å². The first-order valence-corrected chi connectivity index (χ1v) is 6.66. The molecule has 1 amide bonds. The van der Waals surface area contributed by atoms with Crippen molar-refractivity contribution in [2.75, 3.05) is 18.4 Å². The van der Waals surface area contributed by atoms with Gasteiger partial charge in [0.1, 0.15) is 4.60 Å². The third-order valence-corrected chi connectivity index (χ3v) is 3.54. The monoisotopic (exact) mass is 297 g/mol. The minimum Gasteiger partial charge on any atom is -0.324 e. The van der Waals surface area contributed by atoms with Gasteiger partial charge in [-0.25, -0.2) is 4.98 Å². The molecule has 0 radical (unpaired) electrons. The summed E-state index contributed by atoms with van der Waals surface area (Å²) in [5, 5.41) is 6.20. The number of carbonyl (C=O) groups excluding carboxylic acids is 1. The molecule has 17 heavy (non-hydrogen) atoms. The smallest absolute Gasteiger partial charge is 0.224 e. The van der Waals surface area contributed by atoms with Crippen LogP contribution in [0.5, 0.6) is 0 Å². The van der Waals surface area contributed by atoms with E-state index in [4.69, 9.17) is 0 Å². The van der Waals surface area contributed by atoms with E-state index >= 15 is 0 Å². The molecule has 0 spiro atoms. The van der Waals surface area contributed by atoms with Crippen LogP contribution in [0.25, 0.3) is 0 Å². The minimum atomic E-state index is 0.0624. The second kappa shape index (κ2) is 6.12. The topological polar surface area (TPSA) is 54.0 Å². The number of hydrogen-bond acceptors (Lipinski definition) is 3. The molecular formula is C12H16BrN3O. The highest BCUT2D eigenvalue weighted by Crippen LogP contribution is 2.20. The Morgan fingerprint density at radius 3 is 3.24 bits per heavy atom. The fraction of sp³-hybridized carbons (Fsp3) is 0.500. The zero-order chi connectivity index (χ0) is 12.1. The van der Waals surface area contributed by atoms with Crippen molar-refractivity contribution in [3.8, 4) is 0 Å². The van der Waals surface area contributed by atoms with Crippen LogP contribution in [0.3, 0.4) is 0 Å². The van der Waals surface area contributed by atoms with Gasteiger partial charge in [-0.1, -0.05) is 0 Å². The van der Waals surface area contributed by atoms with Gasteiger partial charge in [0.2, 0.25) is 5.91 Å². The summed E-state index contributed by atoms with van der Waals surface area (Å²) in [5.74, 6) is 0.520. The first kappa shape index (κ1) is 12.5. The first-order valence-electron chi connectivity index (χ1n) is 5.87. The highest BCUT2D eigenvalue weighted by Gasteiger charge is 2.17. The summed E-state index contributed by atoms with van der Waals surface area (Å²) >= 11 is 3.31. The molecule has 2 heterocycles. The molecule has 1 aliphatic heterocycles. The maximum Gasteiger partial charge on any atom is 0.224 e. The second-order valence-electron chi connectivity index (χ2n) is 4.31. The molecule has 1 fully saturated rings. The summed E-state index contributed by atoms with van der Waals surface area (Å²) in [4.78, 5) is 15.9. The number of piperidine rings is 1. The van der Waals surface area contributed by atoms with Crippen molar-refractivity contribution in [1.82, 2.24) is 10.3 Å². The van der Waals surface area contributed by atoms with Crippen molar-refractivity contribution < 1.29 is 4.79 Å². The number of hydrogen-bond donors (Lipinski definition) is 2. The minimum absolute atomic E-state index is 0.0624. The summed E-state index contributed by atoms with van der Waals surface area (Å²) in [6.45, 7) is 2.02. The fourth-order valence-electron chi connectivity index (χ4n) is 2.04. The zero-order valence-corrected chi connectivity index (χ0v) is 11.2. The van der Waals surface area contributed by atoms with Crippen molar-refractivity contribution in [1.29, 1.82) is 0 Å². The van der Waals surface area contributed by atoms with E-state index in [9.17, 15) is 4.79 Å². The lowest BCUT2D eigenvalue weighted by atomic mass is 9.96. The third-order valence-electron chi connectivity index (χ3n) is 2.91. The van der Waals surface area contributed by atoms with Gasteiger partial charge in [0.25, 0.3) is 0 Å². The summed E-state index contributed by atoms with van der Waals surface area (Å²) < 4.78 is 0.676. The molecule has 4 nitrogen and oxygen atoms in total. The molecule has 0 bridgehead atoms. The molecular weight excluding hydrogens is 282 g/mol. The van der Waals surface area contributed by atoms with E-state index in [0.29, 0.717) is 16.9 Å². The number of pyridine rings is 1. The highest BCUT2D eigenvalue weighted by atomic mass is 79.9. The van der Waals surface area contributed by atoms with E-state index in [2.05, 4.69) is 31.5 Å². The molecule has 0 saturated carbocycles. The molecule has 2 N–H and O–H groups in total. The van der Waals surface area contributed by atoms with Crippen LogP contribution < -0.4 is 10.6 Å².